The number of ether oxygens (including phenoxy) is 2. The maximum absolute atomic E-state index is 12.5. The van der Waals surface area contributed by atoms with Crippen LogP contribution in [-0.2, 0) is 23.8 Å². The van der Waals surface area contributed by atoms with Gasteiger partial charge in [0.2, 0.25) is 0 Å². The van der Waals surface area contributed by atoms with Gasteiger partial charge in [-0.05, 0) is 53.2 Å². The van der Waals surface area contributed by atoms with Crippen molar-refractivity contribution in [3.63, 3.8) is 0 Å². The highest BCUT2D eigenvalue weighted by Gasteiger charge is 2.45. The molecule has 2 rings (SSSR count). The number of hydrogen-bond donors (Lipinski definition) is 2. The third-order valence-corrected chi connectivity index (χ3v) is 5.99. The minimum absolute atomic E-state index is 0.0748. The van der Waals surface area contributed by atoms with Crippen molar-refractivity contribution in [2.24, 2.45) is 5.92 Å². The summed E-state index contributed by atoms with van der Waals surface area (Å²) in [6.07, 6.45) is -3.73. The van der Waals surface area contributed by atoms with E-state index in [0.717, 1.165) is 5.56 Å². The Hall–Kier alpha value is -1.03. The second kappa shape index (κ2) is 9.65. The summed E-state index contributed by atoms with van der Waals surface area (Å²) in [5, 5.41) is 21.0. The predicted molar refractivity (Wildman–Crippen MR) is 104 cm³/mol. The van der Waals surface area contributed by atoms with Gasteiger partial charge in [0.25, 0.3) is 10.1 Å². The maximum atomic E-state index is 12.5. The van der Waals surface area contributed by atoms with Crippen LogP contribution in [0.1, 0.15) is 39.7 Å². The molecule has 5 atom stereocenters. The Bertz CT molecular complexity index is 715. The van der Waals surface area contributed by atoms with Crippen molar-refractivity contribution in [2.45, 2.75) is 82.6 Å². The van der Waals surface area contributed by atoms with E-state index >= 15 is 0 Å². The first-order valence-electron chi connectivity index (χ1n) is 9.64. The standard InChI is InChI=1S/C20H32O7S/c1-12(2)26-17-10-15(20(27-13(3)4)19(22)18(17)21)11-25-28(23,24)16-8-6-14(5)7-9-16/h6-9,12-13,15,17-22H,10-11H2,1-5H3. The Labute approximate surface area is 167 Å². The van der Waals surface area contributed by atoms with Gasteiger partial charge < -0.3 is 19.7 Å². The molecule has 0 saturated heterocycles. The summed E-state index contributed by atoms with van der Waals surface area (Å²) in [5.41, 5.74) is 0.947. The first kappa shape index (κ1) is 23.3. The van der Waals surface area contributed by atoms with Crippen molar-refractivity contribution in [3.8, 4) is 0 Å². The minimum Gasteiger partial charge on any atom is -0.388 e. The van der Waals surface area contributed by atoms with E-state index in [0.29, 0.717) is 6.42 Å². The molecule has 0 spiro atoms. The molecule has 0 amide bonds. The first-order valence-corrected chi connectivity index (χ1v) is 11.0. The Morgan fingerprint density at radius 1 is 1.00 bits per heavy atom. The summed E-state index contributed by atoms with van der Waals surface area (Å²) in [5.74, 6) is -0.454. The average Bonchev–Trinajstić information content (AvgIpc) is 2.60. The summed E-state index contributed by atoms with van der Waals surface area (Å²) < 4.78 is 41.8. The van der Waals surface area contributed by atoms with Crippen molar-refractivity contribution < 1.29 is 32.3 Å². The smallest absolute Gasteiger partial charge is 0.296 e. The molecule has 1 aromatic carbocycles. The van der Waals surface area contributed by atoms with Crippen molar-refractivity contribution in [2.75, 3.05) is 6.61 Å². The molecule has 8 heteroatoms. The molecule has 0 bridgehead atoms. The lowest BCUT2D eigenvalue weighted by Crippen LogP contribution is -2.57. The topological polar surface area (TPSA) is 102 Å². The zero-order valence-electron chi connectivity index (χ0n) is 17.1. The molecular weight excluding hydrogens is 384 g/mol. The van der Waals surface area contributed by atoms with Crippen molar-refractivity contribution in [3.05, 3.63) is 29.8 Å². The Morgan fingerprint density at radius 2 is 1.57 bits per heavy atom. The van der Waals surface area contributed by atoms with Gasteiger partial charge in [-0.1, -0.05) is 17.7 Å². The fourth-order valence-electron chi connectivity index (χ4n) is 3.37. The number of aliphatic hydroxyl groups is 2. The van der Waals surface area contributed by atoms with Crippen molar-refractivity contribution >= 4 is 10.1 Å². The van der Waals surface area contributed by atoms with E-state index in [1.54, 1.807) is 12.1 Å². The van der Waals surface area contributed by atoms with Crippen LogP contribution in [0.2, 0.25) is 0 Å². The molecule has 7 nitrogen and oxygen atoms in total. The molecule has 0 aromatic heterocycles. The summed E-state index contributed by atoms with van der Waals surface area (Å²) >= 11 is 0. The lowest BCUT2D eigenvalue weighted by atomic mass is 9.81. The third kappa shape index (κ3) is 5.98. The highest BCUT2D eigenvalue weighted by atomic mass is 32.2. The molecule has 160 valence electrons. The fourth-order valence-corrected chi connectivity index (χ4v) is 4.33. The number of aliphatic hydroxyl groups excluding tert-OH is 2. The Kier molecular flexibility index (Phi) is 8.01. The lowest BCUT2D eigenvalue weighted by molar-refractivity contribution is -0.206. The van der Waals surface area contributed by atoms with E-state index in [4.69, 9.17) is 13.7 Å². The van der Waals surface area contributed by atoms with Crippen LogP contribution < -0.4 is 0 Å². The lowest BCUT2D eigenvalue weighted by Gasteiger charge is -2.43. The molecule has 1 fully saturated rings. The highest BCUT2D eigenvalue weighted by molar-refractivity contribution is 7.86. The van der Waals surface area contributed by atoms with Crippen LogP contribution in [0.15, 0.2) is 29.2 Å². The fraction of sp³-hybridized carbons (Fsp3) is 0.700. The molecule has 1 aliphatic carbocycles. The van der Waals surface area contributed by atoms with Crippen LogP contribution in [0.3, 0.4) is 0 Å². The number of hydrogen-bond acceptors (Lipinski definition) is 7. The first-order chi connectivity index (χ1) is 13.0. The van der Waals surface area contributed by atoms with Gasteiger partial charge in [0.1, 0.15) is 12.2 Å². The van der Waals surface area contributed by atoms with Gasteiger partial charge in [0.05, 0.1) is 35.9 Å². The molecular formula is C20H32O7S. The van der Waals surface area contributed by atoms with Gasteiger partial charge in [-0.25, -0.2) is 0 Å². The molecule has 5 unspecified atom stereocenters. The molecule has 28 heavy (non-hydrogen) atoms. The molecule has 0 radical (unpaired) electrons. The summed E-state index contributed by atoms with van der Waals surface area (Å²) in [6.45, 7) is 9.00. The minimum atomic E-state index is -3.94. The monoisotopic (exact) mass is 416 g/mol. The van der Waals surface area contributed by atoms with Gasteiger partial charge in [-0.2, -0.15) is 8.42 Å². The van der Waals surface area contributed by atoms with Crippen LogP contribution in [0, 0.1) is 12.8 Å². The van der Waals surface area contributed by atoms with Crippen LogP contribution in [0.4, 0.5) is 0 Å². The van der Waals surface area contributed by atoms with Gasteiger partial charge in [0.15, 0.2) is 0 Å². The van der Waals surface area contributed by atoms with Crippen molar-refractivity contribution in [1.29, 1.82) is 0 Å². The van der Waals surface area contributed by atoms with Gasteiger partial charge in [-0.15, -0.1) is 0 Å². The second-order valence-electron chi connectivity index (χ2n) is 7.90. The molecule has 0 heterocycles. The summed E-state index contributed by atoms with van der Waals surface area (Å²) in [7, 11) is -3.94. The zero-order valence-corrected chi connectivity index (χ0v) is 17.9. The van der Waals surface area contributed by atoms with Crippen LogP contribution in [-0.4, -0.2) is 61.9 Å². The van der Waals surface area contributed by atoms with E-state index in [1.165, 1.54) is 12.1 Å². The quantitative estimate of drug-likeness (QED) is 0.625. The number of rotatable bonds is 8. The van der Waals surface area contributed by atoms with Crippen molar-refractivity contribution in [1.82, 2.24) is 0 Å². The summed E-state index contributed by atoms with van der Waals surface area (Å²) in [4.78, 5) is 0.0748. The van der Waals surface area contributed by atoms with E-state index in [2.05, 4.69) is 0 Å². The SMILES string of the molecule is Cc1ccc(S(=O)(=O)OCC2CC(OC(C)C)C(O)C(O)C2OC(C)C)cc1. The second-order valence-corrected chi connectivity index (χ2v) is 9.52. The normalized spacial score (nSPS) is 28.8. The molecule has 1 aromatic rings. The van der Waals surface area contributed by atoms with Crippen LogP contribution >= 0.6 is 0 Å². The van der Waals surface area contributed by atoms with Gasteiger partial charge in [-0.3, -0.25) is 4.18 Å². The van der Waals surface area contributed by atoms with Crippen LogP contribution in [0.25, 0.3) is 0 Å². The van der Waals surface area contributed by atoms with E-state index < -0.39 is 40.5 Å². The summed E-state index contributed by atoms with van der Waals surface area (Å²) in [6, 6.07) is 6.40. The molecule has 0 aliphatic heterocycles. The third-order valence-electron chi connectivity index (χ3n) is 4.69. The van der Waals surface area contributed by atoms with E-state index in [1.807, 2.05) is 34.6 Å². The van der Waals surface area contributed by atoms with Gasteiger partial charge in [0, 0.05) is 5.92 Å². The van der Waals surface area contributed by atoms with E-state index in [9.17, 15) is 18.6 Å². The van der Waals surface area contributed by atoms with Crippen LogP contribution in [0.5, 0.6) is 0 Å². The number of benzene rings is 1. The van der Waals surface area contributed by atoms with E-state index in [-0.39, 0.29) is 23.7 Å². The predicted octanol–water partition coefficient (Wildman–Crippen LogP) is 2.03. The Balaban J connectivity index is 2.16. The molecule has 1 aliphatic rings. The van der Waals surface area contributed by atoms with Gasteiger partial charge >= 0.3 is 0 Å². The molecule has 1 saturated carbocycles. The largest absolute Gasteiger partial charge is 0.388 e. The molecule has 2 N–H and O–H groups in total. The zero-order chi connectivity index (χ0) is 21.1. The average molecular weight is 417 g/mol. The highest BCUT2D eigenvalue weighted by Crippen LogP contribution is 2.32. The maximum Gasteiger partial charge on any atom is 0.296 e. The number of aryl methyl sites for hydroxylation is 1. The Morgan fingerprint density at radius 3 is 2.11 bits per heavy atom.